The third-order valence-corrected chi connectivity index (χ3v) is 5.20. The van der Waals surface area contributed by atoms with Crippen molar-refractivity contribution in [3.05, 3.63) is 22.8 Å². The first kappa shape index (κ1) is 14.4. The zero-order valence-corrected chi connectivity index (χ0v) is 13.5. The van der Waals surface area contributed by atoms with Crippen molar-refractivity contribution >= 4 is 11.6 Å². The van der Waals surface area contributed by atoms with E-state index in [1.54, 1.807) is 0 Å². The molecule has 0 fully saturated rings. The van der Waals surface area contributed by atoms with Gasteiger partial charge in [0.05, 0.1) is 11.1 Å². The Morgan fingerprint density at radius 2 is 2.05 bits per heavy atom. The lowest BCUT2D eigenvalue weighted by Crippen LogP contribution is -2.42. The molecule has 3 N–H and O–H groups in total. The molecule has 4 nitrogen and oxygen atoms in total. The lowest BCUT2D eigenvalue weighted by Gasteiger charge is -2.29. The van der Waals surface area contributed by atoms with Crippen LogP contribution in [0.3, 0.4) is 0 Å². The Balaban J connectivity index is 2.28. The molecule has 114 valence electrons. The van der Waals surface area contributed by atoms with Crippen LogP contribution < -0.4 is 15.8 Å². The van der Waals surface area contributed by atoms with Crippen molar-refractivity contribution in [2.24, 2.45) is 5.73 Å². The summed E-state index contributed by atoms with van der Waals surface area (Å²) in [6, 6.07) is 2.16. The first-order valence-corrected chi connectivity index (χ1v) is 7.64. The van der Waals surface area contributed by atoms with E-state index in [1.165, 1.54) is 5.56 Å². The molecule has 2 unspecified atom stereocenters. The molecule has 0 aromatic heterocycles. The molecule has 0 saturated heterocycles. The smallest absolute Gasteiger partial charge is 0.234 e. The van der Waals surface area contributed by atoms with Gasteiger partial charge in [0.15, 0.2) is 0 Å². The Kier molecular flexibility index (Phi) is 2.90. The van der Waals surface area contributed by atoms with Crippen molar-refractivity contribution in [1.29, 1.82) is 0 Å². The van der Waals surface area contributed by atoms with Crippen LogP contribution in [0.25, 0.3) is 0 Å². The standard InChI is InChI=1S/C17H24N2O2/c1-6-11-10-7-9(2)13-12(16(3,4)15(20)19-13)14(10)21-17(11,5)8-18/h7,11H,6,8,18H2,1-5H3,(H,19,20). The van der Waals surface area contributed by atoms with Gasteiger partial charge in [-0.05, 0) is 45.7 Å². The van der Waals surface area contributed by atoms with Crippen molar-refractivity contribution in [2.75, 3.05) is 11.9 Å². The predicted octanol–water partition coefficient (Wildman–Crippen LogP) is 2.83. The minimum absolute atomic E-state index is 0.0343. The van der Waals surface area contributed by atoms with Gasteiger partial charge in [0.25, 0.3) is 0 Å². The van der Waals surface area contributed by atoms with Gasteiger partial charge in [0.1, 0.15) is 11.4 Å². The van der Waals surface area contributed by atoms with Crippen LogP contribution in [0.15, 0.2) is 6.07 Å². The van der Waals surface area contributed by atoms with Gasteiger partial charge >= 0.3 is 0 Å². The third kappa shape index (κ3) is 1.68. The van der Waals surface area contributed by atoms with Gasteiger partial charge < -0.3 is 15.8 Å². The maximum atomic E-state index is 12.3. The Hall–Kier alpha value is -1.55. The fourth-order valence-corrected chi connectivity index (χ4v) is 3.80. The molecule has 21 heavy (non-hydrogen) atoms. The van der Waals surface area contributed by atoms with Crippen molar-refractivity contribution < 1.29 is 9.53 Å². The van der Waals surface area contributed by atoms with E-state index in [0.717, 1.165) is 29.0 Å². The zero-order chi connectivity index (χ0) is 15.6. The topological polar surface area (TPSA) is 64.3 Å². The normalized spacial score (nSPS) is 28.9. The van der Waals surface area contributed by atoms with E-state index in [-0.39, 0.29) is 17.4 Å². The lowest BCUT2D eigenvalue weighted by atomic mass is 9.79. The van der Waals surface area contributed by atoms with Gasteiger partial charge in [-0.2, -0.15) is 0 Å². The first-order valence-electron chi connectivity index (χ1n) is 7.64. The second-order valence-corrected chi connectivity index (χ2v) is 7.02. The van der Waals surface area contributed by atoms with Gasteiger partial charge in [-0.1, -0.05) is 6.92 Å². The molecular weight excluding hydrogens is 264 g/mol. The maximum absolute atomic E-state index is 12.3. The number of aryl methyl sites for hydroxylation is 1. The fourth-order valence-electron chi connectivity index (χ4n) is 3.80. The highest BCUT2D eigenvalue weighted by atomic mass is 16.5. The van der Waals surface area contributed by atoms with Crippen molar-refractivity contribution in [1.82, 2.24) is 0 Å². The van der Waals surface area contributed by atoms with E-state index >= 15 is 0 Å². The molecule has 1 amide bonds. The van der Waals surface area contributed by atoms with Crippen molar-refractivity contribution in [2.45, 2.75) is 58.0 Å². The van der Waals surface area contributed by atoms with Crippen LogP contribution in [-0.4, -0.2) is 18.1 Å². The number of carbonyl (C=O) groups excluding carboxylic acids is 1. The van der Waals surface area contributed by atoms with Gasteiger partial charge in [0, 0.05) is 23.6 Å². The number of carbonyl (C=O) groups is 1. The van der Waals surface area contributed by atoms with Crippen molar-refractivity contribution in [3.8, 4) is 5.75 Å². The van der Waals surface area contributed by atoms with E-state index in [0.29, 0.717) is 6.54 Å². The Labute approximate surface area is 126 Å². The number of benzene rings is 1. The number of anilines is 1. The largest absolute Gasteiger partial charge is 0.485 e. The number of nitrogens with one attached hydrogen (secondary N) is 1. The number of hydrogen-bond donors (Lipinski definition) is 2. The van der Waals surface area contributed by atoms with Crippen LogP contribution in [0, 0.1) is 6.92 Å². The van der Waals surface area contributed by atoms with Crippen molar-refractivity contribution in [3.63, 3.8) is 0 Å². The highest BCUT2D eigenvalue weighted by Gasteiger charge is 2.50. The summed E-state index contributed by atoms with van der Waals surface area (Å²) < 4.78 is 6.31. The van der Waals surface area contributed by atoms with Crippen LogP contribution in [-0.2, 0) is 10.2 Å². The molecule has 1 aromatic rings. The third-order valence-electron chi connectivity index (χ3n) is 5.20. The molecule has 2 heterocycles. The fraction of sp³-hybridized carbons (Fsp3) is 0.588. The zero-order valence-electron chi connectivity index (χ0n) is 13.5. The average Bonchev–Trinajstić information content (AvgIpc) is 2.83. The summed E-state index contributed by atoms with van der Waals surface area (Å²) in [4.78, 5) is 12.3. The van der Waals surface area contributed by atoms with E-state index in [2.05, 4.69) is 25.2 Å². The number of hydrogen-bond acceptors (Lipinski definition) is 3. The molecule has 4 heteroatoms. The van der Waals surface area contributed by atoms with Gasteiger partial charge in [0.2, 0.25) is 5.91 Å². The minimum atomic E-state index is -0.566. The summed E-state index contributed by atoms with van der Waals surface area (Å²) in [6.45, 7) is 10.7. The highest BCUT2D eigenvalue weighted by Crippen LogP contribution is 2.55. The minimum Gasteiger partial charge on any atom is -0.485 e. The van der Waals surface area contributed by atoms with E-state index in [9.17, 15) is 4.79 Å². The lowest BCUT2D eigenvalue weighted by molar-refractivity contribution is -0.119. The molecule has 0 aliphatic carbocycles. The van der Waals surface area contributed by atoms with Crippen LogP contribution in [0.1, 0.15) is 56.7 Å². The summed E-state index contributed by atoms with van der Waals surface area (Å²) in [6.07, 6.45) is 0.973. The number of rotatable bonds is 2. The number of nitrogens with two attached hydrogens (primary N) is 1. The second kappa shape index (κ2) is 4.23. The predicted molar refractivity (Wildman–Crippen MR) is 84.0 cm³/mol. The monoisotopic (exact) mass is 288 g/mol. The summed E-state index contributed by atoms with van der Waals surface area (Å²) in [5.74, 6) is 1.18. The van der Waals surface area contributed by atoms with Gasteiger partial charge in [-0.25, -0.2) is 0 Å². The van der Waals surface area contributed by atoms with Crippen LogP contribution in [0.2, 0.25) is 0 Å². The molecule has 0 saturated carbocycles. The Bertz CT molecular complexity index is 636. The average molecular weight is 288 g/mol. The van der Waals surface area contributed by atoms with Crippen LogP contribution in [0.5, 0.6) is 5.75 Å². The Morgan fingerprint density at radius 1 is 1.38 bits per heavy atom. The van der Waals surface area contributed by atoms with E-state index in [1.807, 2.05) is 20.8 Å². The molecule has 0 bridgehead atoms. The summed E-state index contributed by atoms with van der Waals surface area (Å²) in [5, 5.41) is 3.01. The van der Waals surface area contributed by atoms with Crippen LogP contribution >= 0.6 is 0 Å². The number of amides is 1. The highest BCUT2D eigenvalue weighted by molar-refractivity contribution is 6.07. The summed E-state index contributed by atoms with van der Waals surface area (Å²) in [5.41, 5.74) is 9.25. The molecule has 2 atom stereocenters. The molecule has 0 radical (unpaired) electrons. The molecule has 3 rings (SSSR count). The van der Waals surface area contributed by atoms with E-state index in [4.69, 9.17) is 10.5 Å². The number of fused-ring (bicyclic) bond motifs is 3. The molecular formula is C17H24N2O2. The number of ether oxygens (including phenoxy) is 1. The molecule has 2 aliphatic heterocycles. The quantitative estimate of drug-likeness (QED) is 0.879. The Morgan fingerprint density at radius 3 is 2.62 bits per heavy atom. The maximum Gasteiger partial charge on any atom is 0.234 e. The first-order chi connectivity index (χ1) is 9.76. The molecule has 1 aromatic carbocycles. The summed E-state index contributed by atoms with van der Waals surface area (Å²) >= 11 is 0. The SMILES string of the molecule is CCC1c2cc(C)c3c(c2OC1(C)CN)C(C)(C)C(=O)N3. The van der Waals surface area contributed by atoms with E-state index < -0.39 is 5.41 Å². The molecule has 2 aliphatic rings. The second-order valence-electron chi connectivity index (χ2n) is 7.02. The van der Waals surface area contributed by atoms with Crippen LogP contribution in [0.4, 0.5) is 5.69 Å². The van der Waals surface area contributed by atoms with Gasteiger partial charge in [-0.3, -0.25) is 4.79 Å². The van der Waals surface area contributed by atoms with Gasteiger partial charge in [-0.15, -0.1) is 0 Å². The molecule has 0 spiro atoms. The summed E-state index contributed by atoms with van der Waals surface area (Å²) in [7, 11) is 0.